The molecule has 2 aromatic carbocycles. The molecule has 2 heterocycles. The van der Waals surface area contributed by atoms with Crippen molar-refractivity contribution in [3.8, 4) is 5.75 Å². The van der Waals surface area contributed by atoms with Crippen molar-refractivity contribution < 1.29 is 23.8 Å². The van der Waals surface area contributed by atoms with Gasteiger partial charge in [-0.25, -0.2) is 4.39 Å². The van der Waals surface area contributed by atoms with Gasteiger partial charge in [-0.15, -0.1) is 0 Å². The van der Waals surface area contributed by atoms with Crippen LogP contribution in [0.2, 0.25) is 5.02 Å². The lowest BCUT2D eigenvalue weighted by atomic mass is 9.79. The summed E-state index contributed by atoms with van der Waals surface area (Å²) in [5.74, 6) is -1.98. The van der Waals surface area contributed by atoms with Crippen LogP contribution < -0.4 is 20.7 Å². The van der Waals surface area contributed by atoms with Crippen LogP contribution in [0.15, 0.2) is 36.4 Å². The number of nitrogens with one attached hydrogen (secondary N) is 3. The zero-order chi connectivity index (χ0) is 21.6. The number of fused-ring (bicyclic) bond motifs is 2. The van der Waals surface area contributed by atoms with Crippen LogP contribution in [0.3, 0.4) is 0 Å². The molecule has 2 aliphatic rings. The number of halogens is 2. The molecule has 9 heteroatoms. The van der Waals surface area contributed by atoms with Crippen molar-refractivity contribution in [2.45, 2.75) is 31.0 Å². The molecule has 0 radical (unpaired) electrons. The standard InChI is InChI=1S/C21H21ClFN3O4/c1-10(27)16-9-14(19(28)24-17-7-11(22)3-6-18(17)30-2)21(26-16)13-8-12(23)4-5-15(13)25-20(21)29/h3-8,10,14,16,26-27H,9H2,1-2H3,(H,24,28)(H,25,29)/t10?,14-,16-,21+/m1/s1. The summed E-state index contributed by atoms with van der Waals surface area (Å²) in [5.41, 5.74) is -0.384. The Labute approximate surface area is 177 Å². The minimum absolute atomic E-state index is 0.176. The molecule has 2 amide bonds. The summed E-state index contributed by atoms with van der Waals surface area (Å²) in [4.78, 5) is 26.4. The van der Waals surface area contributed by atoms with E-state index in [4.69, 9.17) is 16.3 Å². The first kappa shape index (κ1) is 20.6. The van der Waals surface area contributed by atoms with Gasteiger partial charge >= 0.3 is 0 Å². The molecule has 2 aliphatic heterocycles. The van der Waals surface area contributed by atoms with E-state index in [2.05, 4.69) is 16.0 Å². The van der Waals surface area contributed by atoms with E-state index in [0.717, 1.165) is 0 Å². The average Bonchev–Trinajstić information content (AvgIpc) is 3.23. The van der Waals surface area contributed by atoms with Crippen molar-refractivity contribution in [1.29, 1.82) is 0 Å². The fourth-order valence-corrected chi connectivity index (χ4v) is 4.46. The van der Waals surface area contributed by atoms with Gasteiger partial charge in [-0.1, -0.05) is 11.6 Å². The van der Waals surface area contributed by atoms with Gasteiger partial charge in [-0.05, 0) is 49.7 Å². The topological polar surface area (TPSA) is 99.7 Å². The fourth-order valence-electron chi connectivity index (χ4n) is 4.29. The van der Waals surface area contributed by atoms with Crippen LogP contribution >= 0.6 is 11.6 Å². The first-order valence-electron chi connectivity index (χ1n) is 9.48. The molecule has 30 heavy (non-hydrogen) atoms. The largest absolute Gasteiger partial charge is 0.495 e. The first-order chi connectivity index (χ1) is 14.3. The molecule has 4 N–H and O–H groups in total. The van der Waals surface area contributed by atoms with Crippen molar-refractivity contribution in [2.75, 3.05) is 17.7 Å². The van der Waals surface area contributed by atoms with E-state index in [-0.39, 0.29) is 6.42 Å². The van der Waals surface area contributed by atoms with Crippen molar-refractivity contribution >= 4 is 34.8 Å². The van der Waals surface area contributed by atoms with Gasteiger partial charge in [0.25, 0.3) is 0 Å². The summed E-state index contributed by atoms with van der Waals surface area (Å²) in [6, 6.07) is 8.19. The second-order valence-electron chi connectivity index (χ2n) is 7.57. The lowest BCUT2D eigenvalue weighted by Gasteiger charge is -2.29. The Balaban J connectivity index is 1.76. The van der Waals surface area contributed by atoms with Crippen molar-refractivity contribution in [3.05, 3.63) is 52.8 Å². The Morgan fingerprint density at radius 2 is 2.13 bits per heavy atom. The predicted molar refractivity (Wildman–Crippen MR) is 110 cm³/mol. The third-order valence-electron chi connectivity index (χ3n) is 5.76. The molecule has 1 unspecified atom stereocenters. The second kappa shape index (κ2) is 7.54. The van der Waals surface area contributed by atoms with E-state index >= 15 is 0 Å². The van der Waals surface area contributed by atoms with E-state index in [9.17, 15) is 19.1 Å². The highest BCUT2D eigenvalue weighted by Crippen LogP contribution is 2.48. The molecule has 0 bridgehead atoms. The molecular formula is C21H21ClFN3O4. The number of carbonyl (C=O) groups excluding carboxylic acids is 2. The number of methoxy groups -OCH3 is 1. The molecule has 2 aromatic rings. The van der Waals surface area contributed by atoms with Gasteiger partial charge in [0.15, 0.2) is 0 Å². The molecular weight excluding hydrogens is 413 g/mol. The van der Waals surface area contributed by atoms with Gasteiger partial charge in [0.05, 0.1) is 24.8 Å². The molecule has 1 spiro atoms. The Morgan fingerprint density at radius 3 is 2.83 bits per heavy atom. The lowest BCUT2D eigenvalue weighted by molar-refractivity contribution is -0.130. The summed E-state index contributed by atoms with van der Waals surface area (Å²) in [5, 5.41) is 19.2. The molecule has 0 saturated carbocycles. The Morgan fingerprint density at radius 1 is 1.37 bits per heavy atom. The van der Waals surface area contributed by atoms with E-state index in [1.165, 1.54) is 25.3 Å². The minimum atomic E-state index is -1.50. The summed E-state index contributed by atoms with van der Waals surface area (Å²) in [7, 11) is 1.46. The maximum atomic E-state index is 14.1. The minimum Gasteiger partial charge on any atom is -0.495 e. The summed E-state index contributed by atoms with van der Waals surface area (Å²) in [6.07, 6.45) is -0.652. The smallest absolute Gasteiger partial charge is 0.250 e. The number of anilines is 2. The first-order valence-corrected chi connectivity index (χ1v) is 9.85. The fraction of sp³-hybridized carbons (Fsp3) is 0.333. The highest BCUT2D eigenvalue weighted by atomic mass is 35.5. The van der Waals surface area contributed by atoms with Crippen LogP contribution in [0.4, 0.5) is 15.8 Å². The molecule has 0 aliphatic carbocycles. The number of aliphatic hydroxyl groups is 1. The zero-order valence-electron chi connectivity index (χ0n) is 16.3. The molecule has 0 aromatic heterocycles. The zero-order valence-corrected chi connectivity index (χ0v) is 17.1. The Kier molecular flexibility index (Phi) is 5.17. The molecule has 158 valence electrons. The number of benzene rings is 2. The lowest BCUT2D eigenvalue weighted by Crippen LogP contribution is -2.53. The van der Waals surface area contributed by atoms with Crippen LogP contribution in [0, 0.1) is 11.7 Å². The van der Waals surface area contributed by atoms with Gasteiger partial charge in [0, 0.05) is 22.3 Å². The number of rotatable bonds is 4. The van der Waals surface area contributed by atoms with Crippen molar-refractivity contribution in [1.82, 2.24) is 5.32 Å². The average molecular weight is 434 g/mol. The number of aliphatic hydroxyl groups excluding tert-OH is 1. The van der Waals surface area contributed by atoms with Crippen LogP contribution in [0.5, 0.6) is 5.75 Å². The van der Waals surface area contributed by atoms with Gasteiger partial charge in [0.2, 0.25) is 11.8 Å². The third-order valence-corrected chi connectivity index (χ3v) is 5.99. The van der Waals surface area contributed by atoms with Crippen molar-refractivity contribution in [3.63, 3.8) is 0 Å². The summed E-state index contributed by atoms with van der Waals surface area (Å²) in [6.45, 7) is 1.57. The number of ether oxygens (including phenoxy) is 1. The summed E-state index contributed by atoms with van der Waals surface area (Å²) >= 11 is 6.05. The van der Waals surface area contributed by atoms with E-state index in [1.807, 2.05) is 0 Å². The summed E-state index contributed by atoms with van der Waals surface area (Å²) < 4.78 is 19.3. The third kappa shape index (κ3) is 3.21. The SMILES string of the molecule is COc1ccc(Cl)cc1NC(=O)[C@H]1C[C@H](C(C)O)N[C@]12C(=O)Nc1ccc(F)cc12. The Bertz CT molecular complexity index is 1030. The number of hydrogen-bond acceptors (Lipinski definition) is 5. The van der Waals surface area contributed by atoms with E-state index < -0.39 is 41.2 Å². The normalized spacial score (nSPS) is 25.7. The van der Waals surface area contributed by atoms with E-state index in [0.29, 0.717) is 27.7 Å². The van der Waals surface area contributed by atoms with Crippen molar-refractivity contribution in [2.24, 2.45) is 5.92 Å². The molecule has 7 nitrogen and oxygen atoms in total. The highest BCUT2D eigenvalue weighted by Gasteiger charge is 2.60. The highest BCUT2D eigenvalue weighted by molar-refractivity contribution is 6.31. The van der Waals surface area contributed by atoms with Crippen LogP contribution in [0.25, 0.3) is 0 Å². The van der Waals surface area contributed by atoms with Gasteiger partial charge in [-0.3, -0.25) is 14.9 Å². The molecule has 4 atom stereocenters. The number of hydrogen-bond donors (Lipinski definition) is 4. The number of amides is 2. The number of carbonyl (C=O) groups is 2. The maximum absolute atomic E-state index is 14.1. The maximum Gasteiger partial charge on any atom is 0.250 e. The molecule has 1 fully saturated rings. The predicted octanol–water partition coefficient (Wildman–Crippen LogP) is 2.63. The quantitative estimate of drug-likeness (QED) is 0.594. The van der Waals surface area contributed by atoms with Crippen LogP contribution in [-0.2, 0) is 15.1 Å². The van der Waals surface area contributed by atoms with Gasteiger partial charge in [0.1, 0.15) is 17.1 Å². The monoisotopic (exact) mass is 433 g/mol. The Hall–Kier alpha value is -2.68. The second-order valence-corrected chi connectivity index (χ2v) is 8.00. The van der Waals surface area contributed by atoms with Gasteiger partial charge in [-0.2, -0.15) is 0 Å². The van der Waals surface area contributed by atoms with Gasteiger partial charge < -0.3 is 20.5 Å². The molecule has 1 saturated heterocycles. The van der Waals surface area contributed by atoms with E-state index in [1.54, 1.807) is 25.1 Å². The van der Waals surface area contributed by atoms with Crippen LogP contribution in [-0.4, -0.2) is 36.2 Å². The van der Waals surface area contributed by atoms with Crippen LogP contribution in [0.1, 0.15) is 18.9 Å². The molecule has 4 rings (SSSR count).